The van der Waals surface area contributed by atoms with Gasteiger partial charge in [0.05, 0.1) is 35.2 Å². The third-order valence-corrected chi connectivity index (χ3v) is 6.05. The lowest BCUT2D eigenvalue weighted by Crippen LogP contribution is -2.49. The third-order valence-electron chi connectivity index (χ3n) is 5.50. The summed E-state index contributed by atoms with van der Waals surface area (Å²) >= 11 is 12.6. The lowest BCUT2D eigenvalue weighted by Gasteiger charge is -2.33. The number of nitrogens with one attached hydrogen (secondary N) is 1. The van der Waals surface area contributed by atoms with Crippen molar-refractivity contribution in [2.24, 2.45) is 0 Å². The van der Waals surface area contributed by atoms with Crippen molar-refractivity contribution < 1.29 is 14.7 Å². The van der Waals surface area contributed by atoms with Crippen molar-refractivity contribution in [3.05, 3.63) is 57.7 Å². The molecule has 1 aliphatic rings. The zero-order valence-corrected chi connectivity index (χ0v) is 20.8. The second-order valence-electron chi connectivity index (χ2n) is 8.07. The van der Waals surface area contributed by atoms with Gasteiger partial charge in [-0.2, -0.15) is 4.98 Å². The number of ether oxygens (including phenoxy) is 1. The Morgan fingerprint density at radius 2 is 2.00 bits per heavy atom. The fourth-order valence-electron chi connectivity index (χ4n) is 3.72. The van der Waals surface area contributed by atoms with E-state index in [1.807, 2.05) is 18.0 Å². The van der Waals surface area contributed by atoms with Gasteiger partial charge in [0.25, 0.3) is 0 Å². The Hall–Kier alpha value is -3.35. The Kier molecular flexibility index (Phi) is 7.97. The molecule has 1 aliphatic heterocycles. The van der Waals surface area contributed by atoms with Crippen molar-refractivity contribution in [3.8, 4) is 17.1 Å². The van der Waals surface area contributed by atoms with Crippen LogP contribution in [0.1, 0.15) is 0 Å². The summed E-state index contributed by atoms with van der Waals surface area (Å²) in [7, 11) is 1.91. The summed E-state index contributed by atoms with van der Waals surface area (Å²) in [6.45, 7) is 2.16. The van der Waals surface area contributed by atoms with Crippen LogP contribution in [0.5, 0.6) is 5.88 Å². The molecule has 4 N–H and O–H groups in total. The van der Waals surface area contributed by atoms with Gasteiger partial charge >= 0.3 is 0 Å². The summed E-state index contributed by atoms with van der Waals surface area (Å²) in [5.74, 6) is 0.573. The lowest BCUT2D eigenvalue weighted by atomic mass is 10.1. The molecular formula is C23H24Cl2N7O4-. The minimum absolute atomic E-state index is 0.0231. The Balaban J connectivity index is 1.51. The van der Waals surface area contributed by atoms with Gasteiger partial charge < -0.3 is 31.1 Å². The highest BCUT2D eigenvalue weighted by Crippen LogP contribution is 2.37. The maximum absolute atomic E-state index is 12.8. The van der Waals surface area contributed by atoms with Gasteiger partial charge in [0.15, 0.2) is 5.82 Å². The first-order chi connectivity index (χ1) is 17.2. The van der Waals surface area contributed by atoms with E-state index in [9.17, 15) is 10.0 Å². The average Bonchev–Trinajstić information content (AvgIpc) is 2.82. The minimum Gasteiger partial charge on any atom is -0.733 e. The number of likely N-dealkylation sites (N-methyl/N-ethyl adjacent to an activating group) is 1. The first-order valence-corrected chi connectivity index (χ1v) is 11.7. The van der Waals surface area contributed by atoms with Gasteiger partial charge in [0, 0.05) is 29.7 Å². The molecule has 0 aliphatic carbocycles. The quantitative estimate of drug-likeness (QED) is 0.291. The fourth-order valence-corrected chi connectivity index (χ4v) is 4.22. The number of nitrogen functional groups attached to an aromatic ring is 1. The van der Waals surface area contributed by atoms with Gasteiger partial charge in [0.1, 0.15) is 12.4 Å². The number of pyridine rings is 2. The van der Waals surface area contributed by atoms with Crippen LogP contribution in [0.4, 0.5) is 23.0 Å². The predicted octanol–water partition coefficient (Wildman–Crippen LogP) is 3.50. The summed E-state index contributed by atoms with van der Waals surface area (Å²) in [6, 6.07) is 11.5. The minimum atomic E-state index is -0.358. The molecular weight excluding hydrogens is 509 g/mol. The van der Waals surface area contributed by atoms with Crippen LogP contribution in [0, 0.1) is 5.21 Å². The number of hydrogen-bond acceptors (Lipinski definition) is 10. The maximum atomic E-state index is 12.8. The normalized spacial score (nSPS) is 14.1. The summed E-state index contributed by atoms with van der Waals surface area (Å²) < 4.78 is 5.56. The molecule has 0 unspecified atom stereocenters. The summed E-state index contributed by atoms with van der Waals surface area (Å²) in [5.41, 5.74) is 7.33. The molecule has 0 atom stereocenters. The molecule has 0 radical (unpaired) electrons. The summed E-state index contributed by atoms with van der Waals surface area (Å²) in [6.07, 6.45) is 0. The monoisotopic (exact) mass is 532 g/mol. The van der Waals surface area contributed by atoms with E-state index >= 15 is 0 Å². The molecule has 11 nitrogen and oxygen atoms in total. The van der Waals surface area contributed by atoms with E-state index in [1.54, 1.807) is 29.2 Å². The number of carbonyl (C=O) groups is 1. The first kappa shape index (κ1) is 25.7. The summed E-state index contributed by atoms with van der Waals surface area (Å²) in [4.78, 5) is 25.1. The zero-order chi connectivity index (χ0) is 25.8. The number of anilines is 4. The molecule has 2 aromatic heterocycles. The Labute approximate surface area is 217 Å². The van der Waals surface area contributed by atoms with Gasteiger partial charge in [-0.1, -0.05) is 23.2 Å². The molecule has 0 bridgehead atoms. The highest BCUT2D eigenvalue weighted by Gasteiger charge is 2.26. The molecule has 3 aromatic rings. The van der Waals surface area contributed by atoms with Crippen molar-refractivity contribution in [3.63, 3.8) is 0 Å². The van der Waals surface area contributed by atoms with Crippen LogP contribution in [0.3, 0.4) is 0 Å². The summed E-state index contributed by atoms with van der Waals surface area (Å²) in [5, 5.41) is 23.7. The molecule has 4 rings (SSSR count). The van der Waals surface area contributed by atoms with E-state index in [0.29, 0.717) is 52.4 Å². The molecule has 1 aromatic carbocycles. The van der Waals surface area contributed by atoms with Gasteiger partial charge in [-0.25, -0.2) is 4.98 Å². The van der Waals surface area contributed by atoms with Crippen molar-refractivity contribution in [2.75, 3.05) is 61.0 Å². The largest absolute Gasteiger partial charge is 0.733 e. The van der Waals surface area contributed by atoms with E-state index in [1.165, 1.54) is 12.1 Å². The number of aromatic nitrogens is 2. The molecule has 1 saturated heterocycles. The molecule has 13 heteroatoms. The molecule has 3 heterocycles. The van der Waals surface area contributed by atoms with E-state index in [2.05, 4.69) is 10.3 Å². The second-order valence-corrected chi connectivity index (χ2v) is 8.92. The lowest BCUT2D eigenvalue weighted by molar-refractivity contribution is -0.120. The van der Waals surface area contributed by atoms with E-state index in [0.717, 1.165) is 6.54 Å². The maximum Gasteiger partial charge on any atom is 0.241 e. The number of carbonyl (C=O) groups excluding carboxylic acids is 1. The standard InChI is InChI=1S/C23H24Cl2N7O4/c1-30-9-10-31(21(33)13-30)17-4-6-19(28-22(17)15-3-2-14(24)12-16(15)25)27-8-11-36-20-7-5-18(32(34)35)23(26)29-20/h2-7,12,34H,8-11,13H2,1H3,(H2,26,29)(H,27,28)/q-1. The molecule has 0 spiro atoms. The molecule has 1 fully saturated rings. The number of piperazine rings is 1. The van der Waals surface area contributed by atoms with Gasteiger partial charge in [-0.05, 0) is 43.4 Å². The first-order valence-electron chi connectivity index (χ1n) is 11.0. The Bertz CT molecular complexity index is 1260. The van der Waals surface area contributed by atoms with Crippen LogP contribution in [0.2, 0.25) is 10.0 Å². The number of rotatable bonds is 8. The van der Waals surface area contributed by atoms with Crippen LogP contribution in [0.25, 0.3) is 11.3 Å². The Morgan fingerprint density at radius 3 is 2.69 bits per heavy atom. The van der Waals surface area contributed by atoms with Crippen molar-refractivity contribution in [1.82, 2.24) is 14.9 Å². The van der Waals surface area contributed by atoms with Crippen LogP contribution < -0.4 is 25.9 Å². The van der Waals surface area contributed by atoms with E-state index in [-0.39, 0.29) is 35.1 Å². The van der Waals surface area contributed by atoms with Gasteiger partial charge in [-0.15, -0.1) is 0 Å². The van der Waals surface area contributed by atoms with Gasteiger partial charge in [0.2, 0.25) is 11.8 Å². The smallest absolute Gasteiger partial charge is 0.241 e. The number of hydrogen-bond donors (Lipinski definition) is 3. The van der Waals surface area contributed by atoms with Crippen molar-refractivity contribution in [2.45, 2.75) is 0 Å². The molecule has 190 valence electrons. The van der Waals surface area contributed by atoms with Crippen LogP contribution in [0.15, 0.2) is 42.5 Å². The van der Waals surface area contributed by atoms with Crippen molar-refractivity contribution in [1.29, 1.82) is 0 Å². The highest BCUT2D eigenvalue weighted by molar-refractivity contribution is 6.36. The third kappa shape index (κ3) is 5.89. The predicted molar refractivity (Wildman–Crippen MR) is 140 cm³/mol. The zero-order valence-electron chi connectivity index (χ0n) is 19.3. The Morgan fingerprint density at radius 1 is 1.19 bits per heavy atom. The number of benzene rings is 1. The van der Waals surface area contributed by atoms with Crippen LogP contribution in [-0.2, 0) is 4.79 Å². The number of amides is 1. The number of nitrogens with zero attached hydrogens (tertiary/aromatic N) is 5. The average molecular weight is 533 g/mol. The van der Waals surface area contributed by atoms with Crippen LogP contribution >= 0.6 is 23.2 Å². The molecule has 0 saturated carbocycles. The second kappa shape index (κ2) is 11.1. The SMILES string of the molecule is CN1CCN(c2ccc(NCCOc3ccc(N([O-])O)c(N)n3)nc2-c2ccc(Cl)cc2Cl)C(=O)C1. The number of halogens is 2. The highest BCUT2D eigenvalue weighted by atomic mass is 35.5. The molecule has 36 heavy (non-hydrogen) atoms. The number of nitrogens with two attached hydrogens (primary N) is 1. The van der Waals surface area contributed by atoms with Crippen molar-refractivity contribution >= 4 is 52.1 Å². The van der Waals surface area contributed by atoms with E-state index < -0.39 is 0 Å². The van der Waals surface area contributed by atoms with Crippen LogP contribution in [-0.4, -0.2) is 65.8 Å². The topological polar surface area (TPSA) is 143 Å². The van der Waals surface area contributed by atoms with Gasteiger partial charge in [-0.3, -0.25) is 14.9 Å². The van der Waals surface area contributed by atoms with E-state index in [4.69, 9.17) is 43.9 Å². The molecule has 1 amide bonds. The fraction of sp³-hybridized carbons (Fsp3) is 0.261.